The Morgan fingerprint density at radius 2 is 1.74 bits per heavy atom. The van der Waals surface area contributed by atoms with Crippen LogP contribution in [-0.4, -0.2) is 16.8 Å². The van der Waals surface area contributed by atoms with Crippen LogP contribution in [0.15, 0.2) is 60.8 Å². The number of amides is 2. The number of hydrogen-bond acceptors (Lipinski definition) is 3. The zero-order valence-corrected chi connectivity index (χ0v) is 15.7. The lowest BCUT2D eigenvalue weighted by atomic mass is 10.1. The standard InChI is InChI=1S/C21H18ClN3O2/c1-13-4-3-5-17(10-13)24-20(26)15-8-9-23-19(11-15)21(27)25-18-12-16(22)7-6-14(18)2/h3-12H,1-2H3,(H,24,26)(H,25,27). The molecule has 2 aromatic carbocycles. The van der Waals surface area contributed by atoms with Gasteiger partial charge in [-0.3, -0.25) is 14.6 Å². The Morgan fingerprint density at radius 1 is 0.926 bits per heavy atom. The average Bonchev–Trinajstić information content (AvgIpc) is 2.65. The summed E-state index contributed by atoms with van der Waals surface area (Å²) in [5, 5.41) is 6.11. The number of nitrogens with zero attached hydrogens (tertiary/aromatic N) is 1. The molecule has 2 N–H and O–H groups in total. The van der Waals surface area contributed by atoms with Gasteiger partial charge in [-0.15, -0.1) is 0 Å². The molecule has 0 aliphatic heterocycles. The van der Waals surface area contributed by atoms with E-state index in [1.54, 1.807) is 18.2 Å². The van der Waals surface area contributed by atoms with Crippen molar-refractivity contribution >= 4 is 34.8 Å². The number of anilines is 2. The fraction of sp³-hybridized carbons (Fsp3) is 0.0952. The van der Waals surface area contributed by atoms with Crippen molar-refractivity contribution < 1.29 is 9.59 Å². The molecule has 0 aliphatic rings. The highest BCUT2D eigenvalue weighted by molar-refractivity contribution is 6.31. The molecule has 27 heavy (non-hydrogen) atoms. The molecule has 1 heterocycles. The number of benzene rings is 2. The van der Waals surface area contributed by atoms with Gasteiger partial charge in [0.05, 0.1) is 0 Å². The summed E-state index contributed by atoms with van der Waals surface area (Å²) in [6.07, 6.45) is 1.44. The summed E-state index contributed by atoms with van der Waals surface area (Å²) in [7, 11) is 0. The normalized spacial score (nSPS) is 10.3. The number of hydrogen-bond donors (Lipinski definition) is 2. The van der Waals surface area contributed by atoms with Gasteiger partial charge in [0.1, 0.15) is 5.69 Å². The van der Waals surface area contributed by atoms with E-state index in [1.807, 2.05) is 44.2 Å². The minimum absolute atomic E-state index is 0.145. The van der Waals surface area contributed by atoms with Crippen molar-refractivity contribution in [2.24, 2.45) is 0 Å². The molecule has 3 aromatic rings. The SMILES string of the molecule is Cc1cccc(NC(=O)c2ccnc(C(=O)Nc3cc(Cl)ccc3C)c2)c1. The fourth-order valence-corrected chi connectivity index (χ4v) is 2.71. The van der Waals surface area contributed by atoms with Crippen molar-refractivity contribution in [3.8, 4) is 0 Å². The van der Waals surface area contributed by atoms with Gasteiger partial charge in [-0.05, 0) is 61.4 Å². The predicted molar refractivity (Wildman–Crippen MR) is 108 cm³/mol. The minimum Gasteiger partial charge on any atom is -0.322 e. The highest BCUT2D eigenvalue weighted by Gasteiger charge is 2.13. The second kappa shape index (κ2) is 8.01. The molecular formula is C21H18ClN3O2. The van der Waals surface area contributed by atoms with E-state index in [1.165, 1.54) is 12.3 Å². The van der Waals surface area contributed by atoms with Gasteiger partial charge in [-0.1, -0.05) is 29.8 Å². The number of rotatable bonds is 4. The lowest BCUT2D eigenvalue weighted by Gasteiger charge is -2.10. The van der Waals surface area contributed by atoms with Gasteiger partial charge in [0, 0.05) is 28.2 Å². The van der Waals surface area contributed by atoms with E-state index in [2.05, 4.69) is 15.6 Å². The van der Waals surface area contributed by atoms with Gasteiger partial charge in [0.2, 0.25) is 0 Å². The molecule has 0 fully saturated rings. The number of aromatic nitrogens is 1. The summed E-state index contributed by atoms with van der Waals surface area (Å²) in [6, 6.07) is 15.7. The lowest BCUT2D eigenvalue weighted by molar-refractivity contribution is 0.102. The van der Waals surface area contributed by atoms with Gasteiger partial charge < -0.3 is 10.6 Å². The first-order valence-corrected chi connectivity index (χ1v) is 8.72. The Hall–Kier alpha value is -3.18. The van der Waals surface area contributed by atoms with Crippen LogP contribution in [0.1, 0.15) is 32.0 Å². The average molecular weight is 380 g/mol. The molecule has 0 radical (unpaired) electrons. The quantitative estimate of drug-likeness (QED) is 0.680. The Labute approximate surface area is 162 Å². The lowest BCUT2D eigenvalue weighted by Crippen LogP contribution is -2.17. The molecule has 136 valence electrons. The molecular weight excluding hydrogens is 362 g/mol. The summed E-state index contributed by atoms with van der Waals surface area (Å²) in [5.41, 5.74) is 3.70. The zero-order valence-electron chi connectivity index (χ0n) is 14.9. The maximum atomic E-state index is 12.5. The molecule has 0 saturated carbocycles. The maximum absolute atomic E-state index is 12.5. The molecule has 0 bridgehead atoms. The minimum atomic E-state index is -0.412. The Balaban J connectivity index is 1.77. The number of carbonyl (C=O) groups is 2. The molecule has 0 saturated heterocycles. The van der Waals surface area contributed by atoms with Crippen molar-refractivity contribution in [3.63, 3.8) is 0 Å². The first-order chi connectivity index (χ1) is 12.9. The summed E-state index contributed by atoms with van der Waals surface area (Å²) < 4.78 is 0. The van der Waals surface area contributed by atoms with Crippen LogP contribution in [0.4, 0.5) is 11.4 Å². The zero-order chi connectivity index (χ0) is 19.4. The van der Waals surface area contributed by atoms with E-state index in [0.717, 1.165) is 11.1 Å². The van der Waals surface area contributed by atoms with Crippen molar-refractivity contribution in [1.82, 2.24) is 4.98 Å². The van der Waals surface area contributed by atoms with Gasteiger partial charge in [0.15, 0.2) is 0 Å². The van der Waals surface area contributed by atoms with Crippen molar-refractivity contribution in [3.05, 3.63) is 88.2 Å². The number of carbonyl (C=O) groups excluding carboxylic acids is 2. The summed E-state index contributed by atoms with van der Waals surface area (Å²) in [6.45, 7) is 3.81. The largest absolute Gasteiger partial charge is 0.322 e. The molecule has 0 aliphatic carbocycles. The van der Waals surface area contributed by atoms with Crippen LogP contribution in [0.5, 0.6) is 0 Å². The molecule has 0 atom stereocenters. The van der Waals surface area contributed by atoms with E-state index < -0.39 is 5.91 Å². The second-order valence-corrected chi connectivity index (χ2v) is 6.60. The molecule has 5 nitrogen and oxygen atoms in total. The summed E-state index contributed by atoms with van der Waals surface area (Å²) in [5.74, 6) is -0.721. The second-order valence-electron chi connectivity index (χ2n) is 6.17. The van der Waals surface area contributed by atoms with Crippen molar-refractivity contribution in [2.75, 3.05) is 10.6 Å². The van der Waals surface area contributed by atoms with Gasteiger partial charge in [-0.2, -0.15) is 0 Å². The van der Waals surface area contributed by atoms with Crippen LogP contribution in [0.3, 0.4) is 0 Å². The van der Waals surface area contributed by atoms with E-state index in [0.29, 0.717) is 22.0 Å². The molecule has 1 aromatic heterocycles. The van der Waals surface area contributed by atoms with Gasteiger partial charge >= 0.3 is 0 Å². The molecule has 3 rings (SSSR count). The van der Waals surface area contributed by atoms with Crippen LogP contribution < -0.4 is 10.6 Å². The van der Waals surface area contributed by atoms with Gasteiger partial charge in [-0.25, -0.2) is 0 Å². The smallest absolute Gasteiger partial charge is 0.274 e. The van der Waals surface area contributed by atoms with Gasteiger partial charge in [0.25, 0.3) is 11.8 Å². The predicted octanol–water partition coefficient (Wildman–Crippen LogP) is 4.86. The Morgan fingerprint density at radius 3 is 2.52 bits per heavy atom. The van der Waals surface area contributed by atoms with Crippen LogP contribution >= 0.6 is 11.6 Å². The molecule has 0 unspecified atom stereocenters. The summed E-state index contributed by atoms with van der Waals surface area (Å²) in [4.78, 5) is 29.0. The Kier molecular flexibility index (Phi) is 5.52. The van der Waals surface area contributed by atoms with Crippen LogP contribution in [0.2, 0.25) is 5.02 Å². The van der Waals surface area contributed by atoms with Crippen LogP contribution in [-0.2, 0) is 0 Å². The Bertz CT molecular complexity index is 1020. The highest BCUT2D eigenvalue weighted by atomic mass is 35.5. The molecule has 2 amide bonds. The van der Waals surface area contributed by atoms with Crippen molar-refractivity contribution in [1.29, 1.82) is 0 Å². The first kappa shape index (κ1) is 18.6. The fourth-order valence-electron chi connectivity index (χ4n) is 2.54. The van der Waals surface area contributed by atoms with E-state index in [4.69, 9.17) is 11.6 Å². The third-order valence-corrected chi connectivity index (χ3v) is 4.21. The third-order valence-electron chi connectivity index (χ3n) is 3.98. The highest BCUT2D eigenvalue weighted by Crippen LogP contribution is 2.21. The number of nitrogens with one attached hydrogen (secondary N) is 2. The topological polar surface area (TPSA) is 71.1 Å². The first-order valence-electron chi connectivity index (χ1n) is 8.34. The monoisotopic (exact) mass is 379 g/mol. The van der Waals surface area contributed by atoms with Crippen LogP contribution in [0.25, 0.3) is 0 Å². The molecule has 0 spiro atoms. The molecule has 6 heteroatoms. The number of pyridine rings is 1. The number of halogens is 1. The van der Waals surface area contributed by atoms with Crippen molar-refractivity contribution in [2.45, 2.75) is 13.8 Å². The van der Waals surface area contributed by atoms with Crippen LogP contribution in [0, 0.1) is 13.8 Å². The van der Waals surface area contributed by atoms with E-state index >= 15 is 0 Å². The van der Waals surface area contributed by atoms with E-state index in [9.17, 15) is 9.59 Å². The van der Waals surface area contributed by atoms with E-state index in [-0.39, 0.29) is 11.6 Å². The maximum Gasteiger partial charge on any atom is 0.274 e. The summed E-state index contributed by atoms with van der Waals surface area (Å²) >= 11 is 5.98. The number of aryl methyl sites for hydroxylation is 2. The third kappa shape index (κ3) is 4.71.